The van der Waals surface area contributed by atoms with Gasteiger partial charge in [0.25, 0.3) is 0 Å². The van der Waals surface area contributed by atoms with Crippen LogP contribution >= 0.6 is 7.60 Å². The van der Waals surface area contributed by atoms with Crippen LogP contribution in [0.2, 0.25) is 0 Å². The quantitative estimate of drug-likeness (QED) is 0.116. The second-order valence-corrected chi connectivity index (χ2v) is 20.2. The Morgan fingerprint density at radius 3 is 2.32 bits per heavy atom. The Bertz CT molecular complexity index is 1950. The van der Waals surface area contributed by atoms with E-state index in [0.29, 0.717) is 18.8 Å². The smallest absolute Gasteiger partial charge is 0.410 e. The van der Waals surface area contributed by atoms with Crippen molar-refractivity contribution in [3.05, 3.63) is 83.7 Å². The Labute approximate surface area is 371 Å². The van der Waals surface area contributed by atoms with Gasteiger partial charge in [0.05, 0.1) is 31.9 Å². The molecule has 346 valence electrons. The SMILES string of the molecule is CCOP(=O)(/C=C/[C@H](NC(=O)[C@H](CC(C)C)NC(=O)[C@@H]1C[C@@H](O[C@H]2O[C@@H]3O[C@@]4(C)CC[C@H]5[C@H](C)CC[C@@H]([C@H]2C)[C@@]35OO4)CN1C(=O)OCc1ccccc1)c1ccccc1)OCC. The lowest BCUT2D eigenvalue weighted by atomic mass is 9.58. The van der Waals surface area contributed by atoms with Crippen molar-refractivity contribution < 1.29 is 56.7 Å². The van der Waals surface area contributed by atoms with Crippen LogP contribution in [0.5, 0.6) is 0 Å². The van der Waals surface area contributed by atoms with Crippen LogP contribution < -0.4 is 10.6 Å². The average Bonchev–Trinajstić information content (AvgIpc) is 3.56. The van der Waals surface area contributed by atoms with Crippen molar-refractivity contribution in [2.75, 3.05) is 19.8 Å². The number of likely N-dealkylation sites (tertiary alicyclic amines) is 1. The molecule has 6 fully saturated rings. The molecule has 63 heavy (non-hydrogen) atoms. The molecule has 2 bridgehead atoms. The summed E-state index contributed by atoms with van der Waals surface area (Å²) in [5, 5.41) is 6.03. The summed E-state index contributed by atoms with van der Waals surface area (Å²) in [7, 11) is -3.60. The Morgan fingerprint density at radius 1 is 0.937 bits per heavy atom. The summed E-state index contributed by atoms with van der Waals surface area (Å²) in [6.45, 7) is 14.0. The molecule has 0 radical (unpaired) electrons. The number of rotatable bonds is 17. The number of nitrogens with zero attached hydrogens (tertiary/aromatic N) is 1. The van der Waals surface area contributed by atoms with Gasteiger partial charge in [-0.15, -0.1) is 0 Å². The van der Waals surface area contributed by atoms with Gasteiger partial charge < -0.3 is 38.6 Å². The van der Waals surface area contributed by atoms with E-state index in [1.165, 1.54) is 10.7 Å². The van der Waals surface area contributed by atoms with Crippen LogP contribution in [-0.4, -0.2) is 84.7 Å². The molecule has 8 rings (SSSR count). The van der Waals surface area contributed by atoms with E-state index in [2.05, 4.69) is 24.5 Å². The lowest BCUT2D eigenvalue weighted by Crippen LogP contribution is -2.70. The lowest BCUT2D eigenvalue weighted by Gasteiger charge is -2.60. The van der Waals surface area contributed by atoms with Crippen LogP contribution in [-0.2, 0) is 58.5 Å². The van der Waals surface area contributed by atoms with Crippen molar-refractivity contribution in [2.45, 2.75) is 142 Å². The maximum absolute atomic E-state index is 14.5. The van der Waals surface area contributed by atoms with Gasteiger partial charge in [0.2, 0.25) is 17.6 Å². The van der Waals surface area contributed by atoms with Crippen LogP contribution in [0.3, 0.4) is 0 Å². The van der Waals surface area contributed by atoms with Gasteiger partial charge in [0.1, 0.15) is 18.7 Å². The highest BCUT2D eigenvalue weighted by Gasteiger charge is 2.69. The Morgan fingerprint density at radius 2 is 1.63 bits per heavy atom. The minimum Gasteiger partial charge on any atom is -0.445 e. The first-order chi connectivity index (χ1) is 30.2. The first kappa shape index (κ1) is 47.3. The lowest BCUT2D eigenvalue weighted by molar-refractivity contribution is -0.578. The third-order valence-electron chi connectivity index (χ3n) is 13.3. The zero-order valence-corrected chi connectivity index (χ0v) is 38.5. The topological polar surface area (TPSA) is 169 Å². The van der Waals surface area contributed by atoms with Crippen molar-refractivity contribution in [3.63, 3.8) is 0 Å². The molecule has 1 saturated carbocycles. The first-order valence-electron chi connectivity index (χ1n) is 22.7. The van der Waals surface area contributed by atoms with Gasteiger partial charge in [-0.1, -0.05) is 88.4 Å². The molecule has 16 heteroatoms. The van der Waals surface area contributed by atoms with E-state index in [9.17, 15) is 18.9 Å². The molecular formula is C47H66N3O12P. The molecule has 5 aliphatic heterocycles. The standard InChI is InChI=1S/C47H66N3O12P/c1-8-56-63(54,57-9-2)25-23-38(34-18-14-11-15-19-34)48-41(51)39(26-30(3)4)49-42(52)40-27-35(28-50(40)45(53)55-29-33-16-12-10-13-17-33)58-43-32(6)37-21-20-31(5)36-22-24-46(7)60-44(59-43)47(36,37)62-61-46/h10-19,23,25,30-32,35-40,43-44H,8-9,20-22,24,26-29H2,1-7H3,(H,48,51)(H,49,52)/b25-23+/t31-,32-,35-,36+,37+,38+,39+,40+,43+,44-,46-,47-/m1/s1. The van der Waals surface area contributed by atoms with Gasteiger partial charge in [-0.2, -0.15) is 0 Å². The molecule has 1 aliphatic carbocycles. The second-order valence-electron chi connectivity index (χ2n) is 18.3. The van der Waals surface area contributed by atoms with Gasteiger partial charge in [0, 0.05) is 30.5 Å². The number of ether oxygens (including phenoxy) is 4. The molecule has 5 heterocycles. The molecule has 2 aromatic rings. The molecule has 1 spiro atoms. The minimum absolute atomic E-state index is 0.00297. The molecule has 12 atom stereocenters. The molecule has 2 N–H and O–H groups in total. The third kappa shape index (κ3) is 10.6. The molecule has 5 saturated heterocycles. The highest BCUT2D eigenvalue weighted by molar-refractivity contribution is 7.57. The van der Waals surface area contributed by atoms with Crippen LogP contribution in [0.25, 0.3) is 0 Å². The van der Waals surface area contributed by atoms with Crippen molar-refractivity contribution in [1.29, 1.82) is 0 Å². The van der Waals surface area contributed by atoms with E-state index in [4.69, 9.17) is 37.8 Å². The Balaban J connectivity index is 1.10. The highest BCUT2D eigenvalue weighted by Crippen LogP contribution is 2.61. The van der Waals surface area contributed by atoms with Gasteiger partial charge in [0.15, 0.2) is 18.2 Å². The highest BCUT2D eigenvalue weighted by atomic mass is 31.2. The van der Waals surface area contributed by atoms with Crippen molar-refractivity contribution in [1.82, 2.24) is 15.5 Å². The summed E-state index contributed by atoms with van der Waals surface area (Å²) in [6.07, 6.45) is 2.78. The molecule has 0 unspecified atom stereocenters. The van der Waals surface area contributed by atoms with E-state index in [-0.39, 0.29) is 56.5 Å². The summed E-state index contributed by atoms with van der Waals surface area (Å²) < 4.78 is 50.2. The van der Waals surface area contributed by atoms with Gasteiger partial charge >= 0.3 is 13.7 Å². The number of amides is 3. The number of nitrogens with one attached hydrogen (secondary N) is 2. The fourth-order valence-electron chi connectivity index (χ4n) is 10.2. The van der Waals surface area contributed by atoms with Crippen molar-refractivity contribution in [2.24, 2.45) is 29.6 Å². The number of carbonyl (C=O) groups excluding carboxylic acids is 3. The number of hydrogen-bond acceptors (Lipinski definition) is 12. The van der Waals surface area contributed by atoms with Crippen LogP contribution in [0.1, 0.15) is 104 Å². The molecule has 0 aromatic heterocycles. The normalized spacial score (nSPS) is 32.5. The van der Waals surface area contributed by atoms with Gasteiger partial charge in [-0.05, 0) is 81.4 Å². The van der Waals surface area contributed by atoms with E-state index in [0.717, 1.165) is 30.4 Å². The summed E-state index contributed by atoms with van der Waals surface area (Å²) in [4.78, 5) is 56.5. The summed E-state index contributed by atoms with van der Waals surface area (Å²) in [5.74, 6) is -0.0902. The van der Waals surface area contributed by atoms with E-state index in [1.807, 2.05) is 81.4 Å². The monoisotopic (exact) mass is 895 g/mol. The van der Waals surface area contributed by atoms with Gasteiger partial charge in [-0.3, -0.25) is 19.1 Å². The predicted molar refractivity (Wildman–Crippen MR) is 232 cm³/mol. The van der Waals surface area contributed by atoms with Crippen LogP contribution in [0, 0.1) is 29.6 Å². The number of carbonyl (C=O) groups is 3. The maximum atomic E-state index is 14.5. The fourth-order valence-corrected chi connectivity index (χ4v) is 11.5. The Hall–Kier alpha value is -3.66. The second kappa shape index (κ2) is 20.2. The number of hydrogen-bond donors (Lipinski definition) is 2. The maximum Gasteiger partial charge on any atom is 0.410 e. The summed E-state index contributed by atoms with van der Waals surface area (Å²) >= 11 is 0. The number of fused-ring (bicyclic) bond motifs is 2. The molecule has 2 aromatic carbocycles. The minimum atomic E-state index is -3.60. The molecule has 6 aliphatic rings. The first-order valence-corrected chi connectivity index (χ1v) is 24.4. The Kier molecular flexibility index (Phi) is 15.2. The molecule has 15 nitrogen and oxygen atoms in total. The largest absolute Gasteiger partial charge is 0.445 e. The van der Waals surface area contributed by atoms with E-state index >= 15 is 0 Å². The number of benzene rings is 2. The molecule has 3 amide bonds. The third-order valence-corrected chi connectivity index (χ3v) is 15.1. The van der Waals surface area contributed by atoms with Crippen LogP contribution in [0.15, 0.2) is 72.6 Å². The zero-order chi connectivity index (χ0) is 44.9. The van der Waals surface area contributed by atoms with Crippen molar-refractivity contribution >= 4 is 25.5 Å². The van der Waals surface area contributed by atoms with Crippen LogP contribution in [0.4, 0.5) is 4.79 Å². The molecular weight excluding hydrogens is 829 g/mol. The van der Waals surface area contributed by atoms with Gasteiger partial charge in [-0.25, -0.2) is 14.6 Å². The average molecular weight is 896 g/mol. The predicted octanol–water partition coefficient (Wildman–Crippen LogP) is 8.16. The summed E-state index contributed by atoms with van der Waals surface area (Å²) in [5.41, 5.74) is 0.744. The van der Waals surface area contributed by atoms with E-state index < -0.39 is 73.7 Å². The zero-order valence-electron chi connectivity index (χ0n) is 37.6. The summed E-state index contributed by atoms with van der Waals surface area (Å²) in [6, 6.07) is 15.8. The fraction of sp³-hybridized carbons (Fsp3) is 0.638. The van der Waals surface area contributed by atoms with E-state index in [1.54, 1.807) is 19.9 Å². The van der Waals surface area contributed by atoms with Crippen molar-refractivity contribution in [3.8, 4) is 0 Å².